The molecule has 0 fully saturated rings. The molecule has 0 bridgehead atoms. The number of hydrogen-bond donors (Lipinski definition) is 0. The molecule has 0 aliphatic heterocycles. The smallest absolute Gasteiger partial charge is 0.254 e. The third-order valence-corrected chi connectivity index (χ3v) is 4.42. The average molecular weight is 335 g/mol. The van der Waals surface area contributed by atoms with Crippen LogP contribution in [0.25, 0.3) is 11.6 Å². The summed E-state index contributed by atoms with van der Waals surface area (Å²) in [6.45, 7) is 12.4. The second-order valence-electron chi connectivity index (χ2n) is 7.18. The van der Waals surface area contributed by atoms with E-state index in [1.54, 1.807) is 0 Å². The van der Waals surface area contributed by atoms with Gasteiger partial charge in [0.25, 0.3) is 5.91 Å². The molecule has 2 aromatic rings. The predicted molar refractivity (Wildman–Crippen MR) is 108 cm³/mol. The largest absolute Gasteiger partial charge is 0.334 e. The number of allylic oxidation sites excluding steroid dienone is 1. The van der Waals surface area contributed by atoms with Crippen LogP contribution in [0, 0.1) is 6.92 Å². The number of nitrogens with zero attached hydrogens (tertiary/aromatic N) is 1. The van der Waals surface area contributed by atoms with Crippen LogP contribution in [-0.4, -0.2) is 22.9 Å². The van der Waals surface area contributed by atoms with Crippen LogP contribution in [0.3, 0.4) is 0 Å². The van der Waals surface area contributed by atoms with Crippen molar-refractivity contribution in [2.75, 3.05) is 0 Å². The minimum absolute atomic E-state index is 0.0913. The zero-order valence-corrected chi connectivity index (χ0v) is 16.2. The summed E-state index contributed by atoms with van der Waals surface area (Å²) in [4.78, 5) is 15.0. The van der Waals surface area contributed by atoms with Crippen molar-refractivity contribution in [2.24, 2.45) is 0 Å². The molecule has 2 nitrogen and oxygen atoms in total. The molecule has 2 rings (SSSR count). The van der Waals surface area contributed by atoms with E-state index in [1.165, 1.54) is 11.1 Å². The summed E-state index contributed by atoms with van der Waals surface area (Å²) < 4.78 is 0. The fraction of sp³-hybridized carbons (Fsp3) is 0.348. The molecule has 0 N–H and O–H groups in total. The van der Waals surface area contributed by atoms with E-state index in [-0.39, 0.29) is 18.0 Å². The van der Waals surface area contributed by atoms with Gasteiger partial charge in [-0.1, -0.05) is 54.1 Å². The SMILES string of the molecule is C/C(=C\c1ccccc1C(=O)N(C(C)C)C(C)C)c1ccc(C)cc1. The summed E-state index contributed by atoms with van der Waals surface area (Å²) in [6, 6.07) is 16.7. The number of hydrogen-bond acceptors (Lipinski definition) is 1. The van der Waals surface area contributed by atoms with Gasteiger partial charge in [0.1, 0.15) is 0 Å². The topological polar surface area (TPSA) is 20.3 Å². The molecular formula is C23H29NO. The predicted octanol–water partition coefficient (Wildman–Crippen LogP) is 5.81. The average Bonchev–Trinajstić information content (AvgIpc) is 2.55. The molecule has 0 aliphatic carbocycles. The van der Waals surface area contributed by atoms with Crippen LogP contribution < -0.4 is 0 Å². The maximum atomic E-state index is 13.1. The Kier molecular flexibility index (Phi) is 6.19. The summed E-state index contributed by atoms with van der Waals surface area (Å²) in [6.07, 6.45) is 2.11. The van der Waals surface area contributed by atoms with E-state index >= 15 is 0 Å². The molecule has 1 amide bonds. The maximum absolute atomic E-state index is 13.1. The Morgan fingerprint density at radius 1 is 0.920 bits per heavy atom. The van der Waals surface area contributed by atoms with E-state index in [1.807, 2.05) is 29.2 Å². The highest BCUT2D eigenvalue weighted by atomic mass is 16.2. The van der Waals surface area contributed by atoms with Gasteiger partial charge in [0.2, 0.25) is 0 Å². The van der Waals surface area contributed by atoms with Crippen LogP contribution in [0.1, 0.15) is 61.7 Å². The summed E-state index contributed by atoms with van der Waals surface area (Å²) in [5.74, 6) is 0.0913. The monoisotopic (exact) mass is 335 g/mol. The molecule has 0 aromatic heterocycles. The molecule has 0 radical (unpaired) electrons. The molecular weight excluding hydrogens is 306 g/mol. The minimum Gasteiger partial charge on any atom is -0.334 e. The molecule has 132 valence electrons. The van der Waals surface area contributed by atoms with Crippen LogP contribution in [0.2, 0.25) is 0 Å². The summed E-state index contributed by atoms with van der Waals surface area (Å²) >= 11 is 0. The van der Waals surface area contributed by atoms with Crippen LogP contribution >= 0.6 is 0 Å². The van der Waals surface area contributed by atoms with E-state index < -0.39 is 0 Å². The number of carbonyl (C=O) groups excluding carboxylic acids is 1. The highest BCUT2D eigenvalue weighted by Crippen LogP contribution is 2.22. The van der Waals surface area contributed by atoms with Crippen molar-refractivity contribution in [3.05, 3.63) is 70.8 Å². The first-order valence-electron chi connectivity index (χ1n) is 8.98. The Labute approximate surface area is 152 Å². The van der Waals surface area contributed by atoms with Gasteiger partial charge in [0.05, 0.1) is 0 Å². The van der Waals surface area contributed by atoms with Crippen LogP contribution in [0.4, 0.5) is 0 Å². The lowest BCUT2D eigenvalue weighted by molar-refractivity contribution is 0.0643. The van der Waals surface area contributed by atoms with Crippen molar-refractivity contribution < 1.29 is 4.79 Å². The van der Waals surface area contributed by atoms with Crippen LogP contribution in [0.5, 0.6) is 0 Å². The van der Waals surface area contributed by atoms with E-state index in [0.717, 1.165) is 16.7 Å². The normalized spacial score (nSPS) is 11.9. The van der Waals surface area contributed by atoms with Gasteiger partial charge in [0.15, 0.2) is 0 Å². The Morgan fingerprint density at radius 3 is 2.04 bits per heavy atom. The zero-order valence-electron chi connectivity index (χ0n) is 16.2. The quantitative estimate of drug-likeness (QED) is 0.631. The Balaban J connectivity index is 2.42. The maximum Gasteiger partial charge on any atom is 0.254 e. The molecule has 0 aliphatic rings. The van der Waals surface area contributed by atoms with E-state index in [4.69, 9.17) is 0 Å². The number of carbonyl (C=O) groups is 1. The fourth-order valence-corrected chi connectivity index (χ4v) is 3.16. The Hall–Kier alpha value is -2.35. The highest BCUT2D eigenvalue weighted by molar-refractivity contribution is 5.99. The van der Waals surface area contributed by atoms with Crippen LogP contribution in [-0.2, 0) is 0 Å². The van der Waals surface area contributed by atoms with Crippen molar-refractivity contribution in [1.29, 1.82) is 0 Å². The fourth-order valence-electron chi connectivity index (χ4n) is 3.16. The summed E-state index contributed by atoms with van der Waals surface area (Å²) in [7, 11) is 0. The van der Waals surface area contributed by atoms with Gasteiger partial charge in [-0.3, -0.25) is 4.79 Å². The van der Waals surface area contributed by atoms with Crippen molar-refractivity contribution in [3.63, 3.8) is 0 Å². The number of benzene rings is 2. The second-order valence-corrected chi connectivity index (χ2v) is 7.18. The molecule has 0 atom stereocenters. The Bertz CT molecular complexity index is 746. The number of rotatable bonds is 5. The van der Waals surface area contributed by atoms with Gasteiger partial charge >= 0.3 is 0 Å². The molecule has 0 saturated heterocycles. The lowest BCUT2D eigenvalue weighted by atomic mass is 9.99. The third kappa shape index (κ3) is 4.60. The van der Waals surface area contributed by atoms with E-state index in [9.17, 15) is 4.79 Å². The zero-order chi connectivity index (χ0) is 18.6. The lowest BCUT2D eigenvalue weighted by Crippen LogP contribution is -2.42. The van der Waals surface area contributed by atoms with Gasteiger partial charge in [-0.25, -0.2) is 0 Å². The highest BCUT2D eigenvalue weighted by Gasteiger charge is 2.23. The Morgan fingerprint density at radius 2 is 1.48 bits per heavy atom. The molecule has 2 heteroatoms. The van der Waals surface area contributed by atoms with Gasteiger partial charge in [-0.2, -0.15) is 0 Å². The van der Waals surface area contributed by atoms with Crippen molar-refractivity contribution in [1.82, 2.24) is 4.90 Å². The van der Waals surface area contributed by atoms with Crippen molar-refractivity contribution in [2.45, 2.75) is 53.6 Å². The lowest BCUT2D eigenvalue weighted by Gasteiger charge is -2.31. The first-order chi connectivity index (χ1) is 11.8. The van der Waals surface area contributed by atoms with Gasteiger partial charge < -0.3 is 4.90 Å². The summed E-state index contributed by atoms with van der Waals surface area (Å²) in [5, 5.41) is 0. The van der Waals surface area contributed by atoms with Gasteiger partial charge in [0, 0.05) is 17.6 Å². The number of aryl methyl sites for hydroxylation is 1. The molecule has 0 spiro atoms. The molecule has 0 heterocycles. The summed E-state index contributed by atoms with van der Waals surface area (Å²) in [5.41, 5.74) is 5.31. The van der Waals surface area contributed by atoms with E-state index in [0.29, 0.717) is 0 Å². The van der Waals surface area contributed by atoms with E-state index in [2.05, 4.69) is 71.9 Å². The molecule has 25 heavy (non-hydrogen) atoms. The third-order valence-electron chi connectivity index (χ3n) is 4.42. The second kappa shape index (κ2) is 8.15. The van der Waals surface area contributed by atoms with Gasteiger partial charge in [-0.15, -0.1) is 0 Å². The van der Waals surface area contributed by atoms with Crippen LogP contribution in [0.15, 0.2) is 48.5 Å². The minimum atomic E-state index is 0.0913. The molecule has 0 saturated carbocycles. The van der Waals surface area contributed by atoms with Gasteiger partial charge in [-0.05, 0) is 64.3 Å². The van der Waals surface area contributed by atoms with Crippen molar-refractivity contribution in [3.8, 4) is 0 Å². The molecule has 2 aromatic carbocycles. The first-order valence-corrected chi connectivity index (χ1v) is 8.98. The molecule has 0 unspecified atom stereocenters. The first kappa shape index (κ1) is 19.0. The van der Waals surface area contributed by atoms with Crippen molar-refractivity contribution >= 4 is 17.6 Å². The number of amides is 1. The standard InChI is InChI=1S/C23H29NO/c1-16(2)24(17(3)4)23(25)22-10-8-7-9-21(22)15-19(6)20-13-11-18(5)12-14-20/h7-17H,1-6H3/b19-15+.